The molecule has 0 radical (unpaired) electrons. The molecule has 0 saturated carbocycles. The van der Waals surface area contributed by atoms with Crippen LogP contribution in [0.4, 0.5) is 0 Å². The van der Waals surface area contributed by atoms with Gasteiger partial charge in [0, 0.05) is 6.04 Å². The summed E-state index contributed by atoms with van der Waals surface area (Å²) in [4.78, 5) is 0. The Bertz CT molecular complexity index is 656. The Labute approximate surface area is 142 Å². The average Bonchev–Trinajstić information content (AvgIpc) is 2.54. The number of hydrogen-bond donors (Lipinski definition) is 1. The molecule has 0 heterocycles. The second kappa shape index (κ2) is 7.71. The van der Waals surface area contributed by atoms with Crippen LogP contribution in [0.3, 0.4) is 0 Å². The Morgan fingerprint density at radius 3 is 2.13 bits per heavy atom. The molecule has 0 amide bonds. The third-order valence-electron chi connectivity index (χ3n) is 3.63. The van der Waals surface area contributed by atoms with Crippen molar-refractivity contribution in [2.75, 3.05) is 0 Å². The lowest BCUT2D eigenvalue weighted by atomic mass is 10.00. The van der Waals surface area contributed by atoms with Crippen molar-refractivity contribution < 1.29 is 4.21 Å². The van der Waals surface area contributed by atoms with Gasteiger partial charge in [0.1, 0.15) is 0 Å². The second-order valence-electron chi connectivity index (χ2n) is 6.56. The fourth-order valence-corrected chi connectivity index (χ4v) is 3.11. The van der Waals surface area contributed by atoms with Crippen LogP contribution in [-0.4, -0.2) is 8.96 Å². The maximum atomic E-state index is 12.4. The molecule has 3 heteroatoms. The number of nitrogens with one attached hydrogen (secondary N) is 1. The molecular weight excluding hydrogens is 302 g/mol. The highest BCUT2D eigenvalue weighted by molar-refractivity contribution is 7.84. The summed E-state index contributed by atoms with van der Waals surface area (Å²) in [7, 11) is -1.11. The molecule has 0 aromatic heterocycles. The van der Waals surface area contributed by atoms with Crippen LogP contribution in [0.2, 0.25) is 0 Å². The van der Waals surface area contributed by atoms with Gasteiger partial charge < -0.3 is 0 Å². The summed E-state index contributed by atoms with van der Waals surface area (Å²) >= 11 is 0. The van der Waals surface area contributed by atoms with Crippen molar-refractivity contribution >= 4 is 11.0 Å². The van der Waals surface area contributed by atoms with Crippen molar-refractivity contribution in [3.05, 3.63) is 72.8 Å². The van der Waals surface area contributed by atoms with Crippen LogP contribution >= 0.6 is 0 Å². The predicted molar refractivity (Wildman–Crippen MR) is 100 cm³/mol. The summed E-state index contributed by atoms with van der Waals surface area (Å²) in [5.41, 5.74) is 3.51. The molecule has 23 heavy (non-hydrogen) atoms. The minimum Gasteiger partial charge on any atom is -0.242 e. The maximum Gasteiger partial charge on any atom is 0.0976 e. The van der Waals surface area contributed by atoms with E-state index < -0.39 is 11.0 Å². The van der Waals surface area contributed by atoms with E-state index in [9.17, 15) is 4.21 Å². The summed E-state index contributed by atoms with van der Waals surface area (Å²) < 4.78 is 15.3. The number of benzene rings is 2. The van der Waals surface area contributed by atoms with Gasteiger partial charge in [-0.3, -0.25) is 0 Å². The molecule has 0 spiro atoms. The molecule has 122 valence electrons. The Morgan fingerprint density at radius 1 is 1.04 bits per heavy atom. The first-order chi connectivity index (χ1) is 10.9. The predicted octanol–water partition coefficient (Wildman–Crippen LogP) is 5.02. The molecule has 2 aromatic rings. The van der Waals surface area contributed by atoms with E-state index in [-0.39, 0.29) is 10.8 Å². The Hall–Kier alpha value is -1.71. The fourth-order valence-electron chi connectivity index (χ4n) is 2.26. The van der Waals surface area contributed by atoms with Gasteiger partial charge in [0.2, 0.25) is 0 Å². The third kappa shape index (κ3) is 4.88. The van der Waals surface area contributed by atoms with Gasteiger partial charge >= 0.3 is 0 Å². The zero-order chi connectivity index (χ0) is 16.9. The molecule has 2 atom stereocenters. The first-order valence-corrected chi connectivity index (χ1v) is 9.01. The van der Waals surface area contributed by atoms with E-state index >= 15 is 0 Å². The molecule has 2 rings (SSSR count). The summed E-state index contributed by atoms with van der Waals surface area (Å²) in [6, 6.07) is 18.7. The third-order valence-corrected chi connectivity index (χ3v) is 5.24. The van der Waals surface area contributed by atoms with Crippen molar-refractivity contribution in [2.24, 2.45) is 0 Å². The van der Waals surface area contributed by atoms with Crippen LogP contribution < -0.4 is 4.72 Å². The minimum absolute atomic E-state index is 0.0115. The number of hydrogen-bond acceptors (Lipinski definition) is 1. The molecule has 0 fully saturated rings. The normalized spacial score (nSPS) is 14.2. The van der Waals surface area contributed by atoms with E-state index in [1.807, 2.05) is 45.0 Å². The summed E-state index contributed by atoms with van der Waals surface area (Å²) in [5.74, 6) is 0. The van der Waals surface area contributed by atoms with Gasteiger partial charge in [-0.05, 0) is 43.9 Å². The van der Waals surface area contributed by atoms with E-state index in [4.69, 9.17) is 0 Å². The SMILES string of the molecule is C=CC[C@H](NS(=O)C(C)(C)C)c1ccc(-c2ccccc2)cc1. The zero-order valence-electron chi connectivity index (χ0n) is 14.1. The Balaban J connectivity index is 2.20. The van der Waals surface area contributed by atoms with Crippen molar-refractivity contribution in [3.63, 3.8) is 0 Å². The summed E-state index contributed by atoms with van der Waals surface area (Å²) in [6.45, 7) is 9.74. The van der Waals surface area contributed by atoms with Crippen LogP contribution in [0, 0.1) is 0 Å². The van der Waals surface area contributed by atoms with E-state index in [1.54, 1.807) is 0 Å². The molecule has 0 bridgehead atoms. The molecule has 1 N–H and O–H groups in total. The van der Waals surface area contributed by atoms with Crippen LogP contribution in [0.15, 0.2) is 67.3 Å². The highest BCUT2D eigenvalue weighted by Crippen LogP contribution is 2.25. The standard InChI is InChI=1S/C20H25NOS/c1-5-9-19(21-23(22)20(2,3)4)18-14-12-17(13-15-18)16-10-7-6-8-11-16/h5-8,10-15,19,21H,1,9H2,2-4H3/t19-,23?/m0/s1. The van der Waals surface area contributed by atoms with Crippen molar-refractivity contribution in [3.8, 4) is 11.1 Å². The van der Waals surface area contributed by atoms with Gasteiger partial charge in [0.15, 0.2) is 0 Å². The van der Waals surface area contributed by atoms with Gasteiger partial charge in [-0.25, -0.2) is 8.93 Å². The topological polar surface area (TPSA) is 29.1 Å². The largest absolute Gasteiger partial charge is 0.242 e. The van der Waals surface area contributed by atoms with Crippen LogP contribution in [-0.2, 0) is 11.0 Å². The van der Waals surface area contributed by atoms with Crippen molar-refractivity contribution in [2.45, 2.75) is 38.0 Å². The van der Waals surface area contributed by atoms with Gasteiger partial charge in [-0.15, -0.1) is 6.58 Å². The summed E-state index contributed by atoms with van der Waals surface area (Å²) in [5, 5.41) is 0. The highest BCUT2D eigenvalue weighted by atomic mass is 32.2. The Kier molecular flexibility index (Phi) is 5.91. The van der Waals surface area contributed by atoms with Crippen molar-refractivity contribution in [1.29, 1.82) is 0 Å². The van der Waals surface area contributed by atoms with Gasteiger partial charge in [-0.1, -0.05) is 60.7 Å². The summed E-state index contributed by atoms with van der Waals surface area (Å²) in [6.07, 6.45) is 2.61. The zero-order valence-corrected chi connectivity index (χ0v) is 14.9. The molecular formula is C20H25NOS. The molecule has 1 unspecified atom stereocenters. The van der Waals surface area contributed by atoms with Gasteiger partial charge in [0.05, 0.1) is 15.7 Å². The van der Waals surface area contributed by atoms with E-state index in [0.29, 0.717) is 0 Å². The fraction of sp³-hybridized carbons (Fsp3) is 0.300. The molecule has 0 saturated heterocycles. The van der Waals surface area contributed by atoms with E-state index in [0.717, 1.165) is 12.0 Å². The van der Waals surface area contributed by atoms with Gasteiger partial charge in [-0.2, -0.15) is 0 Å². The van der Waals surface area contributed by atoms with Crippen molar-refractivity contribution in [1.82, 2.24) is 4.72 Å². The second-order valence-corrected chi connectivity index (χ2v) is 8.56. The minimum atomic E-state index is -1.11. The molecule has 0 aliphatic rings. The first kappa shape index (κ1) is 17.6. The first-order valence-electron chi connectivity index (χ1n) is 7.86. The maximum absolute atomic E-state index is 12.4. The molecule has 0 aliphatic heterocycles. The molecule has 2 nitrogen and oxygen atoms in total. The average molecular weight is 327 g/mol. The molecule has 2 aromatic carbocycles. The van der Waals surface area contributed by atoms with Crippen LogP contribution in [0.5, 0.6) is 0 Å². The van der Waals surface area contributed by atoms with Crippen LogP contribution in [0.25, 0.3) is 11.1 Å². The lowest BCUT2D eigenvalue weighted by Crippen LogP contribution is -2.35. The molecule has 0 aliphatic carbocycles. The smallest absolute Gasteiger partial charge is 0.0976 e. The lowest BCUT2D eigenvalue weighted by molar-refractivity contribution is 0.602. The highest BCUT2D eigenvalue weighted by Gasteiger charge is 2.23. The van der Waals surface area contributed by atoms with E-state index in [1.165, 1.54) is 11.1 Å². The van der Waals surface area contributed by atoms with Gasteiger partial charge in [0.25, 0.3) is 0 Å². The Morgan fingerprint density at radius 2 is 1.61 bits per heavy atom. The quantitative estimate of drug-likeness (QED) is 0.741. The monoisotopic (exact) mass is 327 g/mol. The van der Waals surface area contributed by atoms with E-state index in [2.05, 4.69) is 47.7 Å². The lowest BCUT2D eigenvalue weighted by Gasteiger charge is -2.24. The van der Waals surface area contributed by atoms with Crippen LogP contribution in [0.1, 0.15) is 38.8 Å². The number of rotatable bonds is 6.